The van der Waals surface area contributed by atoms with E-state index in [0.29, 0.717) is 5.56 Å². The third-order valence-electron chi connectivity index (χ3n) is 3.16. The first-order chi connectivity index (χ1) is 10.4. The summed E-state index contributed by atoms with van der Waals surface area (Å²) in [5, 5.41) is 29.1. The molecular formula is C15H11NO6. The second kappa shape index (κ2) is 6.04. The molecule has 0 heterocycles. The predicted molar refractivity (Wildman–Crippen MR) is 76.3 cm³/mol. The monoisotopic (exact) mass is 301 g/mol. The largest absolute Gasteiger partial charge is 0.478 e. The summed E-state index contributed by atoms with van der Waals surface area (Å²) in [5.41, 5.74) is 0.186. The summed E-state index contributed by atoms with van der Waals surface area (Å²) in [5.74, 6) is -2.39. The molecule has 2 N–H and O–H groups in total. The standard InChI is InChI=1S/C15H11NO6/c17-14(18)11-6-5-10(13(8-11)16(21)22)7-9-3-1-2-4-12(9)15(19)20/h1-6,8H,7H2,(H,17,18)(H,19,20). The van der Waals surface area contributed by atoms with E-state index in [2.05, 4.69) is 0 Å². The second-order valence-electron chi connectivity index (χ2n) is 4.54. The van der Waals surface area contributed by atoms with Crippen LogP contribution in [0.1, 0.15) is 31.8 Å². The summed E-state index contributed by atoms with van der Waals surface area (Å²) >= 11 is 0. The van der Waals surface area contributed by atoms with Gasteiger partial charge >= 0.3 is 11.9 Å². The molecule has 0 atom stereocenters. The zero-order valence-corrected chi connectivity index (χ0v) is 11.2. The van der Waals surface area contributed by atoms with Crippen LogP contribution < -0.4 is 0 Å². The highest BCUT2D eigenvalue weighted by Gasteiger charge is 2.19. The van der Waals surface area contributed by atoms with Crippen LogP contribution in [-0.4, -0.2) is 27.1 Å². The topological polar surface area (TPSA) is 118 Å². The number of carboxylic acids is 2. The summed E-state index contributed by atoms with van der Waals surface area (Å²) in [4.78, 5) is 32.5. The molecule has 2 rings (SSSR count). The first-order valence-corrected chi connectivity index (χ1v) is 6.22. The molecule has 112 valence electrons. The van der Waals surface area contributed by atoms with Gasteiger partial charge in [-0.05, 0) is 17.7 Å². The molecule has 0 aliphatic carbocycles. The lowest BCUT2D eigenvalue weighted by molar-refractivity contribution is -0.385. The average molecular weight is 301 g/mol. The molecule has 0 spiro atoms. The highest BCUT2D eigenvalue weighted by molar-refractivity contribution is 5.90. The lowest BCUT2D eigenvalue weighted by Gasteiger charge is -2.07. The van der Waals surface area contributed by atoms with E-state index < -0.39 is 16.9 Å². The van der Waals surface area contributed by atoms with Crippen molar-refractivity contribution in [2.75, 3.05) is 0 Å². The fourth-order valence-electron chi connectivity index (χ4n) is 2.10. The number of benzene rings is 2. The SMILES string of the molecule is O=C(O)c1ccc(Cc2ccccc2C(=O)O)c([N+](=O)[O-])c1. The predicted octanol–water partition coefficient (Wildman–Crippen LogP) is 2.58. The zero-order valence-electron chi connectivity index (χ0n) is 11.2. The number of nitro benzene ring substituents is 1. The van der Waals surface area contributed by atoms with Crippen molar-refractivity contribution in [1.29, 1.82) is 0 Å². The Hall–Kier alpha value is -3.22. The van der Waals surface area contributed by atoms with E-state index in [4.69, 9.17) is 10.2 Å². The quantitative estimate of drug-likeness (QED) is 0.647. The van der Waals surface area contributed by atoms with E-state index in [1.54, 1.807) is 18.2 Å². The van der Waals surface area contributed by atoms with Crippen molar-refractivity contribution in [2.45, 2.75) is 6.42 Å². The van der Waals surface area contributed by atoms with Gasteiger partial charge in [0, 0.05) is 18.1 Å². The molecule has 0 radical (unpaired) electrons. The van der Waals surface area contributed by atoms with Gasteiger partial charge in [0.1, 0.15) is 0 Å². The Kier molecular flexibility index (Phi) is 4.17. The van der Waals surface area contributed by atoms with Crippen LogP contribution in [-0.2, 0) is 6.42 Å². The van der Waals surface area contributed by atoms with Gasteiger partial charge in [0.15, 0.2) is 0 Å². The van der Waals surface area contributed by atoms with Crippen LogP contribution in [0.25, 0.3) is 0 Å². The summed E-state index contributed by atoms with van der Waals surface area (Å²) in [6, 6.07) is 9.75. The Bertz CT molecular complexity index is 768. The van der Waals surface area contributed by atoms with Crippen LogP contribution in [0.2, 0.25) is 0 Å². The molecule has 7 heteroatoms. The Morgan fingerprint density at radius 1 is 1.00 bits per heavy atom. The molecule has 0 fully saturated rings. The van der Waals surface area contributed by atoms with Crippen LogP contribution >= 0.6 is 0 Å². The Balaban J connectivity index is 2.48. The zero-order chi connectivity index (χ0) is 16.3. The summed E-state index contributed by atoms with van der Waals surface area (Å²) in [6.45, 7) is 0. The van der Waals surface area contributed by atoms with E-state index in [-0.39, 0.29) is 28.8 Å². The van der Waals surface area contributed by atoms with E-state index >= 15 is 0 Å². The molecule has 0 saturated carbocycles. The van der Waals surface area contributed by atoms with Crippen molar-refractivity contribution in [2.24, 2.45) is 0 Å². The van der Waals surface area contributed by atoms with Gasteiger partial charge in [0.05, 0.1) is 16.1 Å². The van der Waals surface area contributed by atoms with Gasteiger partial charge in [-0.1, -0.05) is 24.3 Å². The normalized spacial score (nSPS) is 10.2. The molecular weight excluding hydrogens is 290 g/mol. The molecule has 0 amide bonds. The lowest BCUT2D eigenvalue weighted by atomic mass is 9.97. The van der Waals surface area contributed by atoms with Crippen LogP contribution in [0.3, 0.4) is 0 Å². The van der Waals surface area contributed by atoms with Gasteiger partial charge in [-0.25, -0.2) is 9.59 Å². The van der Waals surface area contributed by atoms with E-state index in [1.807, 2.05) is 0 Å². The van der Waals surface area contributed by atoms with Gasteiger partial charge in [-0.15, -0.1) is 0 Å². The van der Waals surface area contributed by atoms with Crippen LogP contribution in [0.4, 0.5) is 5.69 Å². The maximum absolute atomic E-state index is 11.2. The van der Waals surface area contributed by atoms with E-state index in [0.717, 1.165) is 6.07 Å². The number of hydrogen-bond donors (Lipinski definition) is 2. The minimum atomic E-state index is -1.26. The van der Waals surface area contributed by atoms with Crippen molar-refractivity contribution in [3.05, 3.63) is 74.8 Å². The number of carbonyl (C=O) groups is 2. The minimum Gasteiger partial charge on any atom is -0.478 e. The maximum Gasteiger partial charge on any atom is 0.335 e. The number of nitro groups is 1. The molecule has 0 aliphatic heterocycles. The Morgan fingerprint density at radius 3 is 2.27 bits per heavy atom. The molecule has 7 nitrogen and oxygen atoms in total. The summed E-state index contributed by atoms with van der Waals surface area (Å²) in [7, 11) is 0. The van der Waals surface area contributed by atoms with Gasteiger partial charge < -0.3 is 10.2 Å². The number of aromatic carboxylic acids is 2. The molecule has 2 aromatic rings. The average Bonchev–Trinajstić information content (AvgIpc) is 2.47. The fraction of sp³-hybridized carbons (Fsp3) is 0.0667. The van der Waals surface area contributed by atoms with Crippen molar-refractivity contribution in [1.82, 2.24) is 0 Å². The third-order valence-corrected chi connectivity index (χ3v) is 3.16. The number of hydrogen-bond acceptors (Lipinski definition) is 4. The smallest absolute Gasteiger partial charge is 0.335 e. The number of carboxylic acid groups (broad SMARTS) is 2. The second-order valence-corrected chi connectivity index (χ2v) is 4.54. The van der Waals surface area contributed by atoms with Crippen molar-refractivity contribution in [3.8, 4) is 0 Å². The fourth-order valence-corrected chi connectivity index (χ4v) is 2.10. The van der Waals surface area contributed by atoms with E-state index in [1.165, 1.54) is 18.2 Å². The highest BCUT2D eigenvalue weighted by atomic mass is 16.6. The van der Waals surface area contributed by atoms with Crippen molar-refractivity contribution >= 4 is 17.6 Å². The first kappa shape index (κ1) is 15.2. The molecule has 0 aromatic heterocycles. The number of nitrogens with zero attached hydrogens (tertiary/aromatic N) is 1. The Labute approximate surface area is 124 Å². The van der Waals surface area contributed by atoms with Gasteiger partial charge in [0.25, 0.3) is 5.69 Å². The molecule has 0 bridgehead atoms. The molecule has 2 aromatic carbocycles. The van der Waals surface area contributed by atoms with Crippen LogP contribution in [0.15, 0.2) is 42.5 Å². The lowest BCUT2D eigenvalue weighted by Crippen LogP contribution is -2.05. The summed E-state index contributed by atoms with van der Waals surface area (Å²) < 4.78 is 0. The van der Waals surface area contributed by atoms with Gasteiger partial charge in [0.2, 0.25) is 0 Å². The first-order valence-electron chi connectivity index (χ1n) is 6.22. The van der Waals surface area contributed by atoms with Crippen LogP contribution in [0, 0.1) is 10.1 Å². The van der Waals surface area contributed by atoms with Crippen molar-refractivity contribution in [3.63, 3.8) is 0 Å². The van der Waals surface area contributed by atoms with Gasteiger partial charge in [-0.2, -0.15) is 0 Å². The number of rotatable bonds is 5. The van der Waals surface area contributed by atoms with Crippen molar-refractivity contribution < 1.29 is 24.7 Å². The van der Waals surface area contributed by atoms with E-state index in [9.17, 15) is 19.7 Å². The molecule has 0 aliphatic rings. The summed E-state index contributed by atoms with van der Waals surface area (Å²) in [6.07, 6.45) is 0.0265. The van der Waals surface area contributed by atoms with Gasteiger partial charge in [-0.3, -0.25) is 10.1 Å². The maximum atomic E-state index is 11.2. The highest BCUT2D eigenvalue weighted by Crippen LogP contribution is 2.24. The Morgan fingerprint density at radius 2 is 1.68 bits per heavy atom. The van der Waals surface area contributed by atoms with Crippen LogP contribution in [0.5, 0.6) is 0 Å². The third kappa shape index (κ3) is 3.09. The molecule has 0 unspecified atom stereocenters. The minimum absolute atomic E-state index is 0.0265. The molecule has 0 saturated heterocycles. The molecule has 22 heavy (non-hydrogen) atoms.